The lowest BCUT2D eigenvalue weighted by atomic mass is 10.1. The Morgan fingerprint density at radius 3 is 2.45 bits per heavy atom. The smallest absolute Gasteiger partial charge is 0.250 e. The third-order valence-electron chi connectivity index (χ3n) is 3.17. The van der Waals surface area contributed by atoms with Crippen LogP contribution in [0.5, 0.6) is 0 Å². The predicted octanol–water partition coefficient (Wildman–Crippen LogP) is 1.28. The van der Waals surface area contributed by atoms with Crippen LogP contribution in [0.4, 0.5) is 5.82 Å². The summed E-state index contributed by atoms with van der Waals surface area (Å²) in [6.07, 6.45) is 1.49. The third kappa shape index (κ3) is 3.13. The number of primary amides is 1. The SMILES string of the molecule is CN(Cc1ccccc1CN)c1ccc(C(N)=O)cn1. The Morgan fingerprint density at radius 2 is 1.90 bits per heavy atom. The van der Waals surface area contributed by atoms with Crippen LogP contribution >= 0.6 is 0 Å². The summed E-state index contributed by atoms with van der Waals surface area (Å²) < 4.78 is 0. The molecule has 104 valence electrons. The molecule has 0 aliphatic heterocycles. The lowest BCUT2D eigenvalue weighted by Crippen LogP contribution is -2.20. The maximum Gasteiger partial charge on any atom is 0.250 e. The van der Waals surface area contributed by atoms with Crippen molar-refractivity contribution in [3.05, 3.63) is 59.3 Å². The van der Waals surface area contributed by atoms with Gasteiger partial charge in [0.1, 0.15) is 5.82 Å². The van der Waals surface area contributed by atoms with E-state index in [1.54, 1.807) is 12.1 Å². The first-order valence-corrected chi connectivity index (χ1v) is 6.35. The maximum absolute atomic E-state index is 11.0. The summed E-state index contributed by atoms with van der Waals surface area (Å²) in [5.41, 5.74) is 13.6. The molecule has 0 spiro atoms. The number of carbonyl (C=O) groups is 1. The van der Waals surface area contributed by atoms with E-state index in [1.807, 2.05) is 30.1 Å². The van der Waals surface area contributed by atoms with Crippen LogP contribution in [-0.4, -0.2) is 17.9 Å². The first kappa shape index (κ1) is 14.0. The van der Waals surface area contributed by atoms with Gasteiger partial charge in [0.15, 0.2) is 0 Å². The molecule has 2 rings (SSSR count). The number of hydrogen-bond acceptors (Lipinski definition) is 4. The van der Waals surface area contributed by atoms with Gasteiger partial charge in [0.2, 0.25) is 5.91 Å². The highest BCUT2D eigenvalue weighted by Gasteiger charge is 2.07. The van der Waals surface area contributed by atoms with E-state index in [4.69, 9.17) is 11.5 Å². The molecule has 2 aromatic rings. The second kappa shape index (κ2) is 6.16. The van der Waals surface area contributed by atoms with Crippen molar-refractivity contribution >= 4 is 11.7 Å². The normalized spacial score (nSPS) is 10.3. The van der Waals surface area contributed by atoms with Gasteiger partial charge in [-0.3, -0.25) is 4.79 Å². The molecule has 1 aromatic carbocycles. The van der Waals surface area contributed by atoms with Gasteiger partial charge < -0.3 is 16.4 Å². The van der Waals surface area contributed by atoms with Crippen molar-refractivity contribution in [2.75, 3.05) is 11.9 Å². The van der Waals surface area contributed by atoms with E-state index in [9.17, 15) is 4.79 Å². The van der Waals surface area contributed by atoms with Crippen LogP contribution in [0.2, 0.25) is 0 Å². The molecule has 0 radical (unpaired) electrons. The Morgan fingerprint density at radius 1 is 1.20 bits per heavy atom. The lowest BCUT2D eigenvalue weighted by Gasteiger charge is -2.20. The third-order valence-corrected chi connectivity index (χ3v) is 3.17. The number of rotatable bonds is 5. The van der Waals surface area contributed by atoms with Crippen LogP contribution in [-0.2, 0) is 13.1 Å². The summed E-state index contributed by atoms with van der Waals surface area (Å²) in [5.74, 6) is 0.307. The number of nitrogens with two attached hydrogens (primary N) is 2. The van der Waals surface area contributed by atoms with Gasteiger partial charge in [0, 0.05) is 26.3 Å². The highest BCUT2D eigenvalue weighted by atomic mass is 16.1. The van der Waals surface area contributed by atoms with E-state index in [1.165, 1.54) is 11.8 Å². The van der Waals surface area contributed by atoms with Crippen LogP contribution in [0.3, 0.4) is 0 Å². The number of hydrogen-bond donors (Lipinski definition) is 2. The molecule has 1 aromatic heterocycles. The van der Waals surface area contributed by atoms with Gasteiger partial charge in [-0.1, -0.05) is 24.3 Å². The molecule has 0 bridgehead atoms. The van der Waals surface area contributed by atoms with Crippen LogP contribution in [0.25, 0.3) is 0 Å². The molecule has 0 saturated carbocycles. The van der Waals surface area contributed by atoms with E-state index in [0.717, 1.165) is 11.4 Å². The standard InChI is InChI=1S/C15H18N4O/c1-19(10-13-5-3-2-4-11(13)8-16)14-7-6-12(9-18-14)15(17)20/h2-7,9H,8,10,16H2,1H3,(H2,17,20). The molecule has 20 heavy (non-hydrogen) atoms. The maximum atomic E-state index is 11.0. The summed E-state index contributed by atoms with van der Waals surface area (Å²) in [5, 5.41) is 0. The van der Waals surface area contributed by atoms with Gasteiger partial charge in [-0.05, 0) is 23.3 Å². The molecule has 1 amide bonds. The summed E-state index contributed by atoms with van der Waals surface area (Å²) in [7, 11) is 1.94. The van der Waals surface area contributed by atoms with Crippen molar-refractivity contribution in [2.24, 2.45) is 11.5 Å². The number of carbonyl (C=O) groups excluding carboxylic acids is 1. The van der Waals surface area contributed by atoms with Crippen LogP contribution in [0.15, 0.2) is 42.6 Å². The molecule has 0 fully saturated rings. The Labute approximate surface area is 118 Å². The number of nitrogens with zero attached hydrogens (tertiary/aromatic N) is 2. The molecule has 0 atom stereocenters. The summed E-state index contributed by atoms with van der Waals surface area (Å²) in [4.78, 5) is 17.3. The van der Waals surface area contributed by atoms with Crippen molar-refractivity contribution < 1.29 is 4.79 Å². The van der Waals surface area contributed by atoms with Gasteiger partial charge >= 0.3 is 0 Å². The minimum atomic E-state index is -0.472. The zero-order valence-electron chi connectivity index (χ0n) is 11.4. The predicted molar refractivity (Wildman–Crippen MR) is 79.2 cm³/mol. The fraction of sp³-hybridized carbons (Fsp3) is 0.200. The van der Waals surface area contributed by atoms with Gasteiger partial charge in [-0.25, -0.2) is 4.98 Å². The Hall–Kier alpha value is -2.40. The fourth-order valence-electron chi connectivity index (χ4n) is 2.01. The van der Waals surface area contributed by atoms with E-state index in [-0.39, 0.29) is 0 Å². The average Bonchev–Trinajstić information content (AvgIpc) is 2.48. The van der Waals surface area contributed by atoms with E-state index < -0.39 is 5.91 Å². The first-order valence-electron chi connectivity index (χ1n) is 6.35. The summed E-state index contributed by atoms with van der Waals surface area (Å²) in [6, 6.07) is 11.5. The Kier molecular flexibility index (Phi) is 4.32. The van der Waals surface area contributed by atoms with Crippen LogP contribution in [0, 0.1) is 0 Å². The van der Waals surface area contributed by atoms with Gasteiger partial charge in [0.05, 0.1) is 5.56 Å². The average molecular weight is 270 g/mol. The van der Waals surface area contributed by atoms with Gasteiger partial charge in [0.25, 0.3) is 0 Å². The van der Waals surface area contributed by atoms with Gasteiger partial charge in [-0.15, -0.1) is 0 Å². The summed E-state index contributed by atoms with van der Waals surface area (Å²) in [6.45, 7) is 1.22. The zero-order chi connectivity index (χ0) is 14.5. The number of pyridine rings is 1. The highest BCUT2D eigenvalue weighted by molar-refractivity contribution is 5.92. The number of benzene rings is 1. The summed E-state index contributed by atoms with van der Waals surface area (Å²) >= 11 is 0. The first-order chi connectivity index (χ1) is 9.61. The fourth-order valence-corrected chi connectivity index (χ4v) is 2.01. The number of anilines is 1. The molecule has 5 nitrogen and oxygen atoms in total. The minimum absolute atomic E-state index is 0.407. The van der Waals surface area contributed by atoms with E-state index in [2.05, 4.69) is 11.1 Å². The number of aromatic nitrogens is 1. The van der Waals surface area contributed by atoms with E-state index >= 15 is 0 Å². The largest absolute Gasteiger partial charge is 0.366 e. The minimum Gasteiger partial charge on any atom is -0.366 e. The molecular weight excluding hydrogens is 252 g/mol. The lowest BCUT2D eigenvalue weighted by molar-refractivity contribution is 0.1000. The van der Waals surface area contributed by atoms with Crippen molar-refractivity contribution in [2.45, 2.75) is 13.1 Å². The molecule has 1 heterocycles. The topological polar surface area (TPSA) is 85.2 Å². The molecule has 0 aliphatic rings. The van der Waals surface area contributed by atoms with Crippen molar-refractivity contribution in [1.82, 2.24) is 4.98 Å². The molecule has 0 saturated heterocycles. The Bertz CT molecular complexity index is 595. The van der Waals surface area contributed by atoms with Crippen molar-refractivity contribution in [3.63, 3.8) is 0 Å². The van der Waals surface area contributed by atoms with Crippen LogP contribution in [0.1, 0.15) is 21.5 Å². The zero-order valence-corrected chi connectivity index (χ0v) is 11.4. The molecule has 4 N–H and O–H groups in total. The second-order valence-corrected chi connectivity index (χ2v) is 4.60. The highest BCUT2D eigenvalue weighted by Crippen LogP contribution is 2.15. The molecule has 0 unspecified atom stereocenters. The monoisotopic (exact) mass is 270 g/mol. The van der Waals surface area contributed by atoms with Crippen LogP contribution < -0.4 is 16.4 Å². The Balaban J connectivity index is 2.15. The second-order valence-electron chi connectivity index (χ2n) is 4.60. The van der Waals surface area contributed by atoms with Crippen molar-refractivity contribution in [1.29, 1.82) is 0 Å². The van der Waals surface area contributed by atoms with Crippen molar-refractivity contribution in [3.8, 4) is 0 Å². The quantitative estimate of drug-likeness (QED) is 0.857. The van der Waals surface area contributed by atoms with Gasteiger partial charge in [-0.2, -0.15) is 0 Å². The molecule has 5 heteroatoms. The van der Waals surface area contributed by atoms with E-state index in [0.29, 0.717) is 18.7 Å². The molecule has 0 aliphatic carbocycles. The number of amides is 1. The molecular formula is C15H18N4O.